The topological polar surface area (TPSA) is 86.5 Å². The summed E-state index contributed by atoms with van der Waals surface area (Å²) in [6, 6.07) is 3.83. The van der Waals surface area contributed by atoms with Gasteiger partial charge in [0, 0.05) is 11.6 Å². The highest BCUT2D eigenvalue weighted by Gasteiger charge is 2.25. The van der Waals surface area contributed by atoms with E-state index in [1.165, 1.54) is 12.1 Å². The molecule has 0 heterocycles. The Morgan fingerprint density at radius 2 is 2.12 bits per heavy atom. The number of nitro benzene ring substituents is 1. The van der Waals surface area contributed by atoms with Gasteiger partial charge in [-0.15, -0.1) is 0 Å². The summed E-state index contributed by atoms with van der Waals surface area (Å²) >= 11 is 0. The monoisotopic (exact) mass is 237 g/mol. The first kappa shape index (κ1) is 12.8. The number of carbonyl (C=O) groups excluding carboxylic acids is 2. The van der Waals surface area contributed by atoms with Crippen LogP contribution in [0, 0.1) is 10.1 Å². The van der Waals surface area contributed by atoms with E-state index in [1.807, 2.05) is 0 Å². The van der Waals surface area contributed by atoms with E-state index in [-0.39, 0.29) is 11.1 Å². The minimum Gasteiger partial charge on any atom is -0.459 e. The summed E-state index contributed by atoms with van der Waals surface area (Å²) in [4.78, 5) is 32.5. The molecule has 0 fully saturated rings. The van der Waals surface area contributed by atoms with Crippen LogP contribution in [0.25, 0.3) is 0 Å². The lowest BCUT2D eigenvalue weighted by Crippen LogP contribution is -2.15. The van der Waals surface area contributed by atoms with Crippen molar-refractivity contribution in [3.05, 3.63) is 39.4 Å². The van der Waals surface area contributed by atoms with Gasteiger partial charge in [-0.1, -0.05) is 12.1 Å². The van der Waals surface area contributed by atoms with Gasteiger partial charge in [0.15, 0.2) is 6.29 Å². The lowest BCUT2D eigenvalue weighted by molar-refractivity contribution is -0.385. The maximum Gasteiger partial charge on any atom is 0.346 e. The summed E-state index contributed by atoms with van der Waals surface area (Å²) in [7, 11) is 0. The minimum atomic E-state index is -0.866. The molecule has 0 aliphatic carbocycles. The smallest absolute Gasteiger partial charge is 0.346 e. The van der Waals surface area contributed by atoms with E-state index in [0.717, 1.165) is 6.07 Å². The van der Waals surface area contributed by atoms with Gasteiger partial charge in [-0.2, -0.15) is 0 Å². The van der Waals surface area contributed by atoms with Crippen molar-refractivity contribution < 1.29 is 19.2 Å². The van der Waals surface area contributed by atoms with Crippen molar-refractivity contribution in [1.29, 1.82) is 0 Å². The number of benzene rings is 1. The minimum absolute atomic E-state index is 0.0511. The number of nitro groups is 1. The molecule has 17 heavy (non-hydrogen) atoms. The highest BCUT2D eigenvalue weighted by molar-refractivity contribution is 6.01. The first-order chi connectivity index (χ1) is 7.97. The predicted octanol–water partition coefficient (Wildman–Crippen LogP) is 1.97. The number of esters is 1. The number of rotatable bonds is 4. The molecule has 1 aromatic rings. The van der Waals surface area contributed by atoms with Crippen molar-refractivity contribution in [2.75, 3.05) is 0 Å². The number of carbonyl (C=O) groups is 2. The Labute approximate surface area is 97.3 Å². The number of nitrogens with zero attached hydrogens (tertiary/aromatic N) is 1. The fourth-order valence-electron chi connectivity index (χ4n) is 1.30. The van der Waals surface area contributed by atoms with Crippen LogP contribution in [0.15, 0.2) is 18.2 Å². The van der Waals surface area contributed by atoms with Gasteiger partial charge in [-0.05, 0) is 13.8 Å². The van der Waals surface area contributed by atoms with Crippen LogP contribution in [0.4, 0.5) is 5.69 Å². The maximum absolute atomic E-state index is 11.7. The lowest BCUT2D eigenvalue weighted by atomic mass is 10.1. The van der Waals surface area contributed by atoms with Gasteiger partial charge in [-0.3, -0.25) is 14.9 Å². The standard InChI is InChI=1S/C11H11NO5/c1-7(2)17-11(14)10-8(6-13)4-3-5-9(10)12(15)16/h3-7H,1-2H3. The van der Waals surface area contributed by atoms with E-state index in [9.17, 15) is 19.7 Å². The molecule has 0 unspecified atom stereocenters. The van der Waals surface area contributed by atoms with Crippen molar-refractivity contribution >= 4 is 17.9 Å². The Morgan fingerprint density at radius 1 is 1.47 bits per heavy atom. The van der Waals surface area contributed by atoms with Crippen LogP contribution >= 0.6 is 0 Å². The van der Waals surface area contributed by atoms with Gasteiger partial charge in [0.25, 0.3) is 5.69 Å². The zero-order chi connectivity index (χ0) is 13.0. The van der Waals surface area contributed by atoms with E-state index in [0.29, 0.717) is 6.29 Å². The Morgan fingerprint density at radius 3 is 2.59 bits per heavy atom. The first-order valence-corrected chi connectivity index (χ1v) is 4.91. The molecule has 0 aromatic heterocycles. The quantitative estimate of drug-likeness (QED) is 0.346. The average Bonchev–Trinajstić information content (AvgIpc) is 2.26. The fraction of sp³-hybridized carbons (Fsp3) is 0.273. The van der Waals surface area contributed by atoms with Gasteiger partial charge in [0.1, 0.15) is 5.56 Å². The van der Waals surface area contributed by atoms with Crippen molar-refractivity contribution in [2.45, 2.75) is 20.0 Å². The van der Waals surface area contributed by atoms with Crippen molar-refractivity contribution in [2.24, 2.45) is 0 Å². The largest absolute Gasteiger partial charge is 0.459 e. The Balaban J connectivity index is 3.31. The van der Waals surface area contributed by atoms with E-state index >= 15 is 0 Å². The molecule has 6 heteroatoms. The molecular weight excluding hydrogens is 226 g/mol. The summed E-state index contributed by atoms with van der Waals surface area (Å²) < 4.78 is 4.87. The molecule has 0 radical (unpaired) electrons. The molecule has 0 saturated carbocycles. The third-order valence-corrected chi connectivity index (χ3v) is 1.95. The molecule has 6 nitrogen and oxygen atoms in total. The molecule has 90 valence electrons. The summed E-state index contributed by atoms with van der Waals surface area (Å²) in [6.45, 7) is 3.24. The molecule has 0 aliphatic rings. The number of aldehydes is 1. The molecule has 1 aromatic carbocycles. The van der Waals surface area contributed by atoms with Gasteiger partial charge in [-0.25, -0.2) is 4.79 Å². The highest BCUT2D eigenvalue weighted by atomic mass is 16.6. The van der Waals surface area contributed by atoms with E-state index < -0.39 is 22.7 Å². The predicted molar refractivity (Wildman–Crippen MR) is 59.0 cm³/mol. The van der Waals surface area contributed by atoms with Crippen molar-refractivity contribution in [3.8, 4) is 0 Å². The highest BCUT2D eigenvalue weighted by Crippen LogP contribution is 2.22. The molecule has 0 atom stereocenters. The zero-order valence-corrected chi connectivity index (χ0v) is 9.38. The molecule has 0 saturated heterocycles. The van der Waals surface area contributed by atoms with Gasteiger partial charge in [0.05, 0.1) is 11.0 Å². The second-order valence-electron chi connectivity index (χ2n) is 3.57. The van der Waals surface area contributed by atoms with E-state index in [2.05, 4.69) is 0 Å². The zero-order valence-electron chi connectivity index (χ0n) is 9.38. The van der Waals surface area contributed by atoms with Crippen LogP contribution in [0.5, 0.6) is 0 Å². The lowest BCUT2D eigenvalue weighted by Gasteiger charge is -2.09. The average molecular weight is 237 g/mol. The van der Waals surface area contributed by atoms with Crippen LogP contribution in [0.2, 0.25) is 0 Å². The number of hydrogen-bond donors (Lipinski definition) is 0. The Kier molecular flexibility index (Phi) is 3.92. The number of ether oxygens (including phenoxy) is 1. The summed E-state index contributed by atoms with van der Waals surface area (Å²) in [6.07, 6.45) is -0.0222. The van der Waals surface area contributed by atoms with Crippen molar-refractivity contribution in [1.82, 2.24) is 0 Å². The molecule has 0 spiro atoms. The second kappa shape index (κ2) is 5.20. The van der Waals surface area contributed by atoms with Gasteiger partial charge < -0.3 is 4.74 Å². The van der Waals surface area contributed by atoms with E-state index in [1.54, 1.807) is 13.8 Å². The summed E-state index contributed by atoms with van der Waals surface area (Å²) in [5.74, 6) is -0.866. The molecule has 0 amide bonds. The molecule has 0 bridgehead atoms. The fourth-order valence-corrected chi connectivity index (χ4v) is 1.30. The third kappa shape index (κ3) is 2.87. The summed E-state index contributed by atoms with van der Waals surface area (Å²) in [5, 5.41) is 10.8. The third-order valence-electron chi connectivity index (χ3n) is 1.95. The van der Waals surface area contributed by atoms with Crippen LogP contribution in [0.3, 0.4) is 0 Å². The Bertz CT molecular complexity index is 467. The van der Waals surface area contributed by atoms with E-state index in [4.69, 9.17) is 4.74 Å². The van der Waals surface area contributed by atoms with Crippen LogP contribution in [-0.4, -0.2) is 23.3 Å². The van der Waals surface area contributed by atoms with Crippen LogP contribution < -0.4 is 0 Å². The summed E-state index contributed by atoms with van der Waals surface area (Å²) in [5.41, 5.74) is -0.786. The second-order valence-corrected chi connectivity index (χ2v) is 3.57. The van der Waals surface area contributed by atoms with Crippen LogP contribution in [-0.2, 0) is 4.74 Å². The van der Waals surface area contributed by atoms with Crippen LogP contribution in [0.1, 0.15) is 34.6 Å². The number of hydrogen-bond acceptors (Lipinski definition) is 5. The van der Waals surface area contributed by atoms with Gasteiger partial charge in [0.2, 0.25) is 0 Å². The molecule has 0 N–H and O–H groups in total. The van der Waals surface area contributed by atoms with Crippen molar-refractivity contribution in [3.63, 3.8) is 0 Å². The first-order valence-electron chi connectivity index (χ1n) is 4.91. The maximum atomic E-state index is 11.7. The van der Waals surface area contributed by atoms with Gasteiger partial charge >= 0.3 is 5.97 Å². The molecule has 1 rings (SSSR count). The molecular formula is C11H11NO5. The molecule has 0 aliphatic heterocycles. The normalized spacial score (nSPS) is 10.1. The SMILES string of the molecule is CC(C)OC(=O)c1c(C=O)cccc1[N+](=O)[O-]. The Hall–Kier alpha value is -2.24.